The number of carboxylic acid groups (broad SMARTS) is 1. The number of carboxylic acids is 1. The largest absolute Gasteiger partial charge is 0.481 e. The number of hydrogen-bond donors (Lipinski definition) is 1. The predicted molar refractivity (Wildman–Crippen MR) is 94.9 cm³/mol. The molecule has 2 unspecified atom stereocenters. The minimum Gasteiger partial charge on any atom is -0.481 e. The second kappa shape index (κ2) is 9.20. The third kappa shape index (κ3) is 5.44. The summed E-state index contributed by atoms with van der Waals surface area (Å²) in [7, 11) is 1.69. The maximum atomic E-state index is 12.7. The molecular formula is C19H32N2O4. The molecule has 2 fully saturated rings. The topological polar surface area (TPSA) is 77.9 Å². The Labute approximate surface area is 150 Å². The van der Waals surface area contributed by atoms with Crippen LogP contribution in [-0.2, 0) is 14.4 Å². The van der Waals surface area contributed by atoms with E-state index in [0.29, 0.717) is 25.3 Å². The summed E-state index contributed by atoms with van der Waals surface area (Å²) < 4.78 is 0. The average molecular weight is 352 g/mol. The van der Waals surface area contributed by atoms with Crippen LogP contribution in [0.3, 0.4) is 0 Å². The van der Waals surface area contributed by atoms with E-state index >= 15 is 0 Å². The van der Waals surface area contributed by atoms with Gasteiger partial charge in [0.25, 0.3) is 0 Å². The smallest absolute Gasteiger partial charge is 0.308 e. The molecule has 1 aliphatic carbocycles. The fraction of sp³-hybridized carbons (Fsp3) is 0.842. The molecule has 25 heavy (non-hydrogen) atoms. The van der Waals surface area contributed by atoms with E-state index in [9.17, 15) is 14.4 Å². The number of carbonyl (C=O) groups is 3. The van der Waals surface area contributed by atoms with E-state index in [2.05, 4.69) is 0 Å². The Kier molecular flexibility index (Phi) is 7.26. The zero-order chi connectivity index (χ0) is 18.4. The molecule has 0 bridgehead atoms. The first-order valence-electron chi connectivity index (χ1n) is 9.67. The number of aliphatic carboxylic acids is 1. The fourth-order valence-corrected chi connectivity index (χ4v) is 4.19. The summed E-state index contributed by atoms with van der Waals surface area (Å²) in [6, 6.07) is 0. The van der Waals surface area contributed by atoms with Crippen LogP contribution in [0.5, 0.6) is 0 Å². The van der Waals surface area contributed by atoms with Crippen LogP contribution in [0.1, 0.15) is 58.3 Å². The van der Waals surface area contributed by atoms with Crippen molar-refractivity contribution in [1.29, 1.82) is 0 Å². The van der Waals surface area contributed by atoms with Crippen LogP contribution >= 0.6 is 0 Å². The van der Waals surface area contributed by atoms with Gasteiger partial charge in [-0.3, -0.25) is 14.4 Å². The molecule has 0 aromatic heterocycles. The molecule has 2 aliphatic rings. The number of amides is 2. The van der Waals surface area contributed by atoms with Crippen molar-refractivity contribution >= 4 is 17.8 Å². The average Bonchev–Trinajstić information content (AvgIpc) is 3.12. The summed E-state index contributed by atoms with van der Waals surface area (Å²) in [5.41, 5.74) is 0. The van der Waals surface area contributed by atoms with Crippen LogP contribution in [0.15, 0.2) is 0 Å². The highest BCUT2D eigenvalue weighted by Gasteiger charge is 2.31. The first-order valence-corrected chi connectivity index (χ1v) is 9.67. The summed E-state index contributed by atoms with van der Waals surface area (Å²) in [5.74, 6) is -0.772. The summed E-state index contributed by atoms with van der Waals surface area (Å²) in [5, 5.41) is 9.15. The van der Waals surface area contributed by atoms with Crippen LogP contribution in [0, 0.1) is 17.8 Å². The minimum atomic E-state index is -0.843. The molecule has 0 radical (unpaired) electrons. The van der Waals surface area contributed by atoms with Gasteiger partial charge in [-0.25, -0.2) is 0 Å². The summed E-state index contributed by atoms with van der Waals surface area (Å²) in [4.78, 5) is 39.5. The van der Waals surface area contributed by atoms with Crippen molar-refractivity contribution in [2.45, 2.75) is 58.3 Å². The van der Waals surface area contributed by atoms with Crippen molar-refractivity contribution in [3.63, 3.8) is 0 Å². The van der Waals surface area contributed by atoms with E-state index in [0.717, 1.165) is 12.8 Å². The van der Waals surface area contributed by atoms with Crippen LogP contribution in [0.2, 0.25) is 0 Å². The van der Waals surface area contributed by atoms with E-state index in [-0.39, 0.29) is 30.8 Å². The molecular weight excluding hydrogens is 320 g/mol. The number of nitrogens with zero attached hydrogens (tertiary/aromatic N) is 2. The molecule has 2 atom stereocenters. The first-order chi connectivity index (χ1) is 11.9. The van der Waals surface area contributed by atoms with Gasteiger partial charge in [0.05, 0.1) is 12.5 Å². The lowest BCUT2D eigenvalue weighted by Crippen LogP contribution is -2.47. The Balaban J connectivity index is 1.85. The molecule has 0 aromatic carbocycles. The predicted octanol–water partition coefficient (Wildman–Crippen LogP) is 2.37. The minimum absolute atomic E-state index is 0.00553. The highest BCUT2D eigenvalue weighted by Crippen LogP contribution is 2.31. The molecule has 6 heteroatoms. The monoisotopic (exact) mass is 352 g/mol. The van der Waals surface area contributed by atoms with Gasteiger partial charge in [0, 0.05) is 26.1 Å². The molecule has 1 saturated heterocycles. The zero-order valence-electron chi connectivity index (χ0n) is 15.6. The van der Waals surface area contributed by atoms with E-state index in [1.165, 1.54) is 30.6 Å². The van der Waals surface area contributed by atoms with Crippen molar-refractivity contribution in [2.24, 2.45) is 17.8 Å². The summed E-state index contributed by atoms with van der Waals surface area (Å²) in [6.07, 6.45) is 8.03. The van der Waals surface area contributed by atoms with Crippen LogP contribution < -0.4 is 0 Å². The Morgan fingerprint density at radius 1 is 1.16 bits per heavy atom. The number of hydrogen-bond acceptors (Lipinski definition) is 3. The standard InChI is InChI=1S/C19H32N2O4/c1-3-15(11-14-7-4-5-8-14)18(23)20(2)13-17(22)21-10-6-9-16(12-21)19(24)25/h14-16H,3-13H2,1-2H3,(H,24,25). The van der Waals surface area contributed by atoms with Crippen molar-refractivity contribution in [3.8, 4) is 0 Å². The zero-order valence-corrected chi connectivity index (χ0v) is 15.6. The lowest BCUT2D eigenvalue weighted by molar-refractivity contribution is -0.148. The Morgan fingerprint density at radius 2 is 1.84 bits per heavy atom. The second-order valence-electron chi connectivity index (χ2n) is 7.70. The van der Waals surface area contributed by atoms with Crippen LogP contribution in [0.4, 0.5) is 0 Å². The van der Waals surface area contributed by atoms with Gasteiger partial charge in [0.15, 0.2) is 0 Å². The van der Waals surface area contributed by atoms with Gasteiger partial charge < -0.3 is 14.9 Å². The van der Waals surface area contributed by atoms with Crippen molar-refractivity contribution < 1.29 is 19.5 Å². The number of likely N-dealkylation sites (N-methyl/N-ethyl adjacent to an activating group) is 1. The molecule has 0 spiro atoms. The first kappa shape index (κ1) is 19.7. The SMILES string of the molecule is CCC(CC1CCCC1)C(=O)N(C)CC(=O)N1CCCC(C(=O)O)C1. The Hall–Kier alpha value is -1.59. The maximum absolute atomic E-state index is 12.7. The Bertz CT molecular complexity index is 488. The number of rotatable bonds is 7. The molecule has 1 saturated carbocycles. The highest BCUT2D eigenvalue weighted by molar-refractivity contribution is 5.86. The van der Waals surface area contributed by atoms with Crippen LogP contribution in [-0.4, -0.2) is 59.4 Å². The van der Waals surface area contributed by atoms with Crippen molar-refractivity contribution in [3.05, 3.63) is 0 Å². The van der Waals surface area contributed by atoms with Crippen molar-refractivity contribution in [1.82, 2.24) is 9.80 Å². The third-order valence-corrected chi connectivity index (χ3v) is 5.81. The quantitative estimate of drug-likeness (QED) is 0.763. The normalized spacial score (nSPS) is 22.6. The number of likely N-dealkylation sites (tertiary alicyclic amines) is 1. The van der Waals surface area contributed by atoms with E-state index in [1.54, 1.807) is 11.9 Å². The number of carbonyl (C=O) groups excluding carboxylic acids is 2. The summed E-state index contributed by atoms with van der Waals surface area (Å²) >= 11 is 0. The second-order valence-corrected chi connectivity index (χ2v) is 7.70. The molecule has 2 amide bonds. The molecule has 6 nitrogen and oxygen atoms in total. The van der Waals surface area contributed by atoms with Gasteiger partial charge in [0.1, 0.15) is 0 Å². The lowest BCUT2D eigenvalue weighted by Gasteiger charge is -2.32. The van der Waals surface area contributed by atoms with Crippen molar-refractivity contribution in [2.75, 3.05) is 26.7 Å². The van der Waals surface area contributed by atoms with Gasteiger partial charge in [-0.15, -0.1) is 0 Å². The van der Waals surface area contributed by atoms with Gasteiger partial charge in [-0.1, -0.05) is 32.6 Å². The van der Waals surface area contributed by atoms with Crippen LogP contribution in [0.25, 0.3) is 0 Å². The van der Waals surface area contributed by atoms with Gasteiger partial charge in [-0.05, 0) is 31.6 Å². The molecule has 1 N–H and O–H groups in total. The summed E-state index contributed by atoms with van der Waals surface area (Å²) in [6.45, 7) is 2.93. The maximum Gasteiger partial charge on any atom is 0.308 e. The lowest BCUT2D eigenvalue weighted by atomic mass is 9.90. The van der Waals surface area contributed by atoms with Gasteiger partial charge in [0.2, 0.25) is 11.8 Å². The molecule has 1 aliphatic heterocycles. The van der Waals surface area contributed by atoms with Gasteiger partial charge in [-0.2, -0.15) is 0 Å². The fourth-order valence-electron chi connectivity index (χ4n) is 4.19. The Morgan fingerprint density at radius 3 is 2.44 bits per heavy atom. The van der Waals surface area contributed by atoms with E-state index in [1.807, 2.05) is 6.92 Å². The van der Waals surface area contributed by atoms with E-state index < -0.39 is 11.9 Å². The van der Waals surface area contributed by atoms with E-state index in [4.69, 9.17) is 5.11 Å². The molecule has 0 aromatic rings. The highest BCUT2D eigenvalue weighted by atomic mass is 16.4. The number of piperidine rings is 1. The molecule has 2 rings (SSSR count). The van der Waals surface area contributed by atoms with Gasteiger partial charge >= 0.3 is 5.97 Å². The third-order valence-electron chi connectivity index (χ3n) is 5.81. The molecule has 1 heterocycles. The molecule has 142 valence electrons.